The first kappa shape index (κ1) is 19.3. The summed E-state index contributed by atoms with van der Waals surface area (Å²) in [5.74, 6) is 0.836. The fourth-order valence-corrected chi connectivity index (χ4v) is 3.79. The lowest BCUT2D eigenvalue weighted by molar-refractivity contribution is 0.236. The second-order valence-electron chi connectivity index (χ2n) is 6.85. The fraction of sp³-hybridized carbons (Fsp3) is 1.00. The summed E-state index contributed by atoms with van der Waals surface area (Å²) in [6.07, 6.45) is 19.7. The van der Waals surface area contributed by atoms with Crippen LogP contribution in [-0.2, 0) is 0 Å². The molecule has 0 radical (unpaired) electrons. The molecular formula is C19H38ClN. The zero-order chi connectivity index (χ0) is 15.2. The van der Waals surface area contributed by atoms with Gasteiger partial charge in [-0.2, -0.15) is 0 Å². The van der Waals surface area contributed by atoms with E-state index < -0.39 is 0 Å². The van der Waals surface area contributed by atoms with Crippen LogP contribution in [0.3, 0.4) is 0 Å². The third-order valence-corrected chi connectivity index (χ3v) is 5.24. The summed E-state index contributed by atoms with van der Waals surface area (Å²) in [7, 11) is 0. The van der Waals surface area contributed by atoms with E-state index in [9.17, 15) is 0 Å². The summed E-state index contributed by atoms with van der Waals surface area (Å²) < 4.78 is 0. The summed E-state index contributed by atoms with van der Waals surface area (Å²) in [5, 5.41) is 0. The Kier molecular flexibility index (Phi) is 12.8. The van der Waals surface area contributed by atoms with Crippen LogP contribution in [0.4, 0.5) is 0 Å². The number of halogens is 1. The van der Waals surface area contributed by atoms with Crippen LogP contribution in [0.25, 0.3) is 0 Å². The predicted octanol–water partition coefficient (Wildman–Crippen LogP) is 6.39. The van der Waals surface area contributed by atoms with Crippen LogP contribution in [0.5, 0.6) is 0 Å². The van der Waals surface area contributed by atoms with Crippen molar-refractivity contribution in [3.8, 4) is 0 Å². The first-order valence-electron chi connectivity index (χ1n) is 9.68. The van der Waals surface area contributed by atoms with Gasteiger partial charge in [0.05, 0.1) is 0 Å². The molecule has 0 aromatic heterocycles. The van der Waals surface area contributed by atoms with Gasteiger partial charge in [-0.3, -0.25) is 0 Å². The van der Waals surface area contributed by atoms with E-state index in [1.807, 2.05) is 0 Å². The molecule has 0 aromatic rings. The highest BCUT2D eigenvalue weighted by Gasteiger charge is 2.22. The van der Waals surface area contributed by atoms with Crippen LogP contribution in [0.15, 0.2) is 0 Å². The largest absolute Gasteiger partial charge is 0.300 e. The highest BCUT2D eigenvalue weighted by molar-refractivity contribution is 6.17. The Hall–Kier alpha value is 0.250. The van der Waals surface area contributed by atoms with Gasteiger partial charge in [0.15, 0.2) is 0 Å². The average molecular weight is 316 g/mol. The predicted molar refractivity (Wildman–Crippen MR) is 96.4 cm³/mol. The minimum atomic E-state index is 0.836. The molecule has 21 heavy (non-hydrogen) atoms. The van der Waals surface area contributed by atoms with Crippen molar-refractivity contribution < 1.29 is 0 Å². The zero-order valence-electron chi connectivity index (χ0n) is 14.4. The van der Waals surface area contributed by atoms with Gasteiger partial charge < -0.3 is 4.90 Å². The molecule has 0 saturated carbocycles. The highest BCUT2D eigenvalue weighted by Crippen LogP contribution is 2.22. The van der Waals surface area contributed by atoms with Crippen LogP contribution in [-0.4, -0.2) is 29.9 Å². The monoisotopic (exact) mass is 315 g/mol. The van der Waals surface area contributed by atoms with Gasteiger partial charge in [0, 0.05) is 11.9 Å². The number of alkyl halides is 1. The summed E-state index contributed by atoms with van der Waals surface area (Å²) >= 11 is 5.82. The van der Waals surface area contributed by atoms with E-state index in [-0.39, 0.29) is 0 Å². The molecule has 1 fully saturated rings. The molecule has 1 aliphatic rings. The molecule has 126 valence electrons. The van der Waals surface area contributed by atoms with Gasteiger partial charge in [-0.1, -0.05) is 64.7 Å². The molecule has 0 spiro atoms. The molecule has 0 aliphatic carbocycles. The summed E-state index contributed by atoms with van der Waals surface area (Å²) in [6.45, 7) is 4.97. The number of likely N-dealkylation sites (tertiary alicyclic amines) is 1. The van der Waals surface area contributed by atoms with E-state index in [0.717, 1.165) is 11.9 Å². The summed E-state index contributed by atoms with van der Waals surface area (Å²) in [6, 6.07) is 0.849. The van der Waals surface area contributed by atoms with Crippen molar-refractivity contribution in [3.05, 3.63) is 0 Å². The molecule has 1 nitrogen and oxygen atoms in total. The normalized spacial score (nSPS) is 19.4. The minimum absolute atomic E-state index is 0.836. The van der Waals surface area contributed by atoms with Crippen LogP contribution >= 0.6 is 11.6 Å². The number of rotatable bonds is 14. The third-order valence-electron chi connectivity index (χ3n) is 4.97. The van der Waals surface area contributed by atoms with E-state index in [0.29, 0.717) is 0 Å². The quantitative estimate of drug-likeness (QED) is 0.265. The number of unbranched alkanes of at least 4 members (excludes halogenated alkanes) is 9. The smallest absolute Gasteiger partial charge is 0.0224 e. The molecule has 0 aromatic carbocycles. The molecule has 1 atom stereocenters. The van der Waals surface area contributed by atoms with Crippen molar-refractivity contribution in [1.82, 2.24) is 4.90 Å². The van der Waals surface area contributed by atoms with Crippen LogP contribution in [0, 0.1) is 0 Å². The van der Waals surface area contributed by atoms with Crippen LogP contribution < -0.4 is 0 Å². The van der Waals surface area contributed by atoms with E-state index in [2.05, 4.69) is 11.8 Å². The van der Waals surface area contributed by atoms with Crippen LogP contribution in [0.1, 0.15) is 96.8 Å². The van der Waals surface area contributed by atoms with E-state index in [1.54, 1.807) is 0 Å². The Balaban J connectivity index is 1.87. The van der Waals surface area contributed by atoms with Crippen molar-refractivity contribution in [2.24, 2.45) is 0 Å². The van der Waals surface area contributed by atoms with Crippen LogP contribution in [0.2, 0.25) is 0 Å². The number of hydrogen-bond acceptors (Lipinski definition) is 1. The lowest BCUT2D eigenvalue weighted by Gasteiger charge is -2.24. The van der Waals surface area contributed by atoms with E-state index in [1.165, 1.54) is 103 Å². The fourth-order valence-electron chi connectivity index (χ4n) is 3.63. The molecular weight excluding hydrogens is 278 g/mol. The Morgan fingerprint density at radius 1 is 0.857 bits per heavy atom. The van der Waals surface area contributed by atoms with Crippen molar-refractivity contribution in [1.29, 1.82) is 0 Å². The Labute approximate surface area is 138 Å². The first-order chi connectivity index (χ1) is 10.4. The first-order valence-corrected chi connectivity index (χ1v) is 10.2. The Bertz CT molecular complexity index is 220. The van der Waals surface area contributed by atoms with Crippen molar-refractivity contribution in [2.75, 3.05) is 19.0 Å². The summed E-state index contributed by atoms with van der Waals surface area (Å²) in [5.41, 5.74) is 0. The molecule has 1 saturated heterocycles. The average Bonchev–Trinajstić information content (AvgIpc) is 2.94. The van der Waals surface area contributed by atoms with Gasteiger partial charge in [-0.25, -0.2) is 0 Å². The number of hydrogen-bond donors (Lipinski definition) is 0. The van der Waals surface area contributed by atoms with Gasteiger partial charge in [0.2, 0.25) is 0 Å². The molecule has 0 bridgehead atoms. The molecule has 0 amide bonds. The van der Waals surface area contributed by atoms with E-state index >= 15 is 0 Å². The molecule has 0 N–H and O–H groups in total. The highest BCUT2D eigenvalue weighted by atomic mass is 35.5. The van der Waals surface area contributed by atoms with Crippen molar-refractivity contribution >= 4 is 11.6 Å². The topological polar surface area (TPSA) is 3.24 Å². The maximum absolute atomic E-state index is 5.82. The lowest BCUT2D eigenvalue weighted by atomic mass is 10.1. The van der Waals surface area contributed by atoms with Gasteiger partial charge >= 0.3 is 0 Å². The van der Waals surface area contributed by atoms with Gasteiger partial charge in [-0.15, -0.1) is 11.6 Å². The molecule has 1 aliphatic heterocycles. The minimum Gasteiger partial charge on any atom is -0.300 e. The zero-order valence-corrected chi connectivity index (χ0v) is 15.2. The Morgan fingerprint density at radius 3 is 2.10 bits per heavy atom. The van der Waals surface area contributed by atoms with Crippen molar-refractivity contribution in [3.63, 3.8) is 0 Å². The van der Waals surface area contributed by atoms with Crippen molar-refractivity contribution in [2.45, 2.75) is 103 Å². The Morgan fingerprint density at radius 2 is 1.48 bits per heavy atom. The standard InChI is InChI=1S/C19H38ClN/c1-2-3-4-5-6-7-8-9-10-11-17-21-18-13-15-19(21)14-12-16-20/h19H,2-18H2,1H3. The van der Waals surface area contributed by atoms with Gasteiger partial charge in [0.25, 0.3) is 0 Å². The summed E-state index contributed by atoms with van der Waals surface area (Å²) in [4.78, 5) is 2.73. The molecule has 1 rings (SSSR count). The lowest BCUT2D eigenvalue weighted by Crippen LogP contribution is -2.30. The second-order valence-corrected chi connectivity index (χ2v) is 7.22. The van der Waals surface area contributed by atoms with Gasteiger partial charge in [0.1, 0.15) is 0 Å². The molecule has 1 unspecified atom stereocenters. The molecule has 2 heteroatoms. The number of nitrogens with zero attached hydrogens (tertiary/aromatic N) is 1. The van der Waals surface area contributed by atoms with E-state index in [4.69, 9.17) is 11.6 Å². The maximum atomic E-state index is 5.82. The SMILES string of the molecule is CCCCCCCCCCCCN1CCCC1CCCCl. The molecule has 1 heterocycles. The van der Waals surface area contributed by atoms with Gasteiger partial charge in [-0.05, 0) is 45.2 Å². The second kappa shape index (κ2) is 13.9. The third kappa shape index (κ3) is 9.79. The maximum Gasteiger partial charge on any atom is 0.0224 e.